The number of carbonyl (C=O) groups is 1. The Labute approximate surface area is 156 Å². The van der Waals surface area contributed by atoms with Crippen molar-refractivity contribution in [3.8, 4) is 5.75 Å². The van der Waals surface area contributed by atoms with E-state index in [2.05, 4.69) is 20.6 Å². The Morgan fingerprint density at radius 2 is 2.00 bits per heavy atom. The fourth-order valence-corrected chi connectivity index (χ4v) is 3.10. The predicted molar refractivity (Wildman–Crippen MR) is 104 cm³/mol. The SMILES string of the molecule is CCOc1ccccc1NC(=O)Cc1csc(Nc2cccc(C)n2)n1. The van der Waals surface area contributed by atoms with Crippen LogP contribution in [0.25, 0.3) is 0 Å². The first kappa shape index (κ1) is 17.9. The minimum absolute atomic E-state index is 0.136. The number of benzene rings is 1. The zero-order chi connectivity index (χ0) is 18.4. The molecule has 1 amide bonds. The number of amides is 1. The molecule has 7 heteroatoms. The Morgan fingerprint density at radius 1 is 1.15 bits per heavy atom. The second kappa shape index (κ2) is 8.44. The number of nitrogens with one attached hydrogen (secondary N) is 2. The zero-order valence-electron chi connectivity index (χ0n) is 14.7. The number of thiazole rings is 1. The first-order valence-electron chi connectivity index (χ1n) is 8.31. The van der Waals surface area contributed by atoms with E-state index in [-0.39, 0.29) is 12.3 Å². The van der Waals surface area contributed by atoms with Crippen LogP contribution in [0, 0.1) is 6.92 Å². The molecule has 0 spiro atoms. The molecular weight excluding hydrogens is 348 g/mol. The predicted octanol–water partition coefficient (Wildman–Crippen LogP) is 4.17. The Hall–Kier alpha value is -2.93. The van der Waals surface area contributed by atoms with Crippen molar-refractivity contribution in [2.45, 2.75) is 20.3 Å². The quantitative estimate of drug-likeness (QED) is 0.654. The van der Waals surface area contributed by atoms with Crippen molar-refractivity contribution in [1.29, 1.82) is 0 Å². The first-order chi connectivity index (χ1) is 12.6. The number of nitrogens with zero attached hydrogens (tertiary/aromatic N) is 2. The van der Waals surface area contributed by atoms with E-state index in [1.54, 1.807) is 0 Å². The van der Waals surface area contributed by atoms with Gasteiger partial charge >= 0.3 is 0 Å². The Morgan fingerprint density at radius 3 is 2.81 bits per heavy atom. The van der Waals surface area contributed by atoms with Gasteiger partial charge in [0.25, 0.3) is 0 Å². The second-order valence-electron chi connectivity index (χ2n) is 5.59. The molecule has 26 heavy (non-hydrogen) atoms. The summed E-state index contributed by atoms with van der Waals surface area (Å²) in [6.07, 6.45) is 0.194. The Balaban J connectivity index is 1.61. The molecule has 2 heterocycles. The van der Waals surface area contributed by atoms with Crippen molar-refractivity contribution in [2.75, 3.05) is 17.2 Å². The van der Waals surface area contributed by atoms with Crippen molar-refractivity contribution in [1.82, 2.24) is 9.97 Å². The average molecular weight is 368 g/mol. The lowest BCUT2D eigenvalue weighted by Gasteiger charge is -2.10. The van der Waals surface area contributed by atoms with Gasteiger partial charge in [-0.05, 0) is 38.1 Å². The molecular formula is C19H20N4O2S. The van der Waals surface area contributed by atoms with E-state index in [0.717, 1.165) is 11.5 Å². The van der Waals surface area contributed by atoms with Crippen LogP contribution in [0.2, 0.25) is 0 Å². The number of hydrogen-bond donors (Lipinski definition) is 2. The molecule has 3 rings (SSSR count). The van der Waals surface area contributed by atoms with Gasteiger partial charge in [-0.25, -0.2) is 9.97 Å². The molecule has 0 aliphatic heterocycles. The first-order valence-corrected chi connectivity index (χ1v) is 9.19. The highest BCUT2D eigenvalue weighted by Gasteiger charge is 2.11. The fraction of sp³-hybridized carbons (Fsp3) is 0.211. The highest BCUT2D eigenvalue weighted by molar-refractivity contribution is 7.13. The van der Waals surface area contributed by atoms with Gasteiger partial charge in [0.2, 0.25) is 5.91 Å². The topological polar surface area (TPSA) is 76.1 Å². The lowest BCUT2D eigenvalue weighted by Crippen LogP contribution is -2.15. The summed E-state index contributed by atoms with van der Waals surface area (Å²) < 4.78 is 5.52. The van der Waals surface area contributed by atoms with Crippen LogP contribution in [0.4, 0.5) is 16.6 Å². The van der Waals surface area contributed by atoms with Crippen LogP contribution in [0.5, 0.6) is 5.75 Å². The molecule has 0 aliphatic rings. The number of aromatic nitrogens is 2. The fourth-order valence-electron chi connectivity index (χ4n) is 2.38. The van der Waals surface area contributed by atoms with Crippen molar-refractivity contribution in [2.24, 2.45) is 0 Å². The third-order valence-corrected chi connectivity index (χ3v) is 4.28. The molecule has 0 saturated carbocycles. The van der Waals surface area contributed by atoms with E-state index >= 15 is 0 Å². The smallest absolute Gasteiger partial charge is 0.230 e. The van der Waals surface area contributed by atoms with E-state index < -0.39 is 0 Å². The van der Waals surface area contributed by atoms with Gasteiger partial charge in [-0.15, -0.1) is 11.3 Å². The number of rotatable bonds is 7. The molecule has 2 N–H and O–H groups in total. The van der Waals surface area contributed by atoms with Crippen LogP contribution >= 0.6 is 11.3 Å². The zero-order valence-corrected chi connectivity index (χ0v) is 15.5. The largest absolute Gasteiger partial charge is 0.492 e. The number of ether oxygens (including phenoxy) is 1. The summed E-state index contributed by atoms with van der Waals surface area (Å²) in [5.74, 6) is 1.26. The lowest BCUT2D eigenvalue weighted by atomic mass is 10.2. The molecule has 3 aromatic rings. The maximum atomic E-state index is 12.3. The summed E-state index contributed by atoms with van der Waals surface area (Å²) in [6.45, 7) is 4.38. The number of para-hydroxylation sites is 2. The van der Waals surface area contributed by atoms with E-state index in [0.29, 0.717) is 28.9 Å². The van der Waals surface area contributed by atoms with Crippen LogP contribution in [0.15, 0.2) is 47.8 Å². The van der Waals surface area contributed by atoms with Gasteiger partial charge in [0.05, 0.1) is 24.4 Å². The van der Waals surface area contributed by atoms with Gasteiger partial charge in [0, 0.05) is 11.1 Å². The number of aryl methyl sites for hydroxylation is 1. The Kier molecular flexibility index (Phi) is 5.80. The third kappa shape index (κ3) is 4.80. The molecule has 134 valence electrons. The molecule has 6 nitrogen and oxygen atoms in total. The summed E-state index contributed by atoms with van der Waals surface area (Å²) in [7, 11) is 0. The lowest BCUT2D eigenvalue weighted by molar-refractivity contribution is -0.115. The molecule has 0 unspecified atom stereocenters. The van der Waals surface area contributed by atoms with Crippen LogP contribution in [-0.2, 0) is 11.2 Å². The Bertz CT molecular complexity index is 895. The van der Waals surface area contributed by atoms with Gasteiger partial charge in [0.15, 0.2) is 5.13 Å². The molecule has 0 fully saturated rings. The van der Waals surface area contributed by atoms with E-state index in [1.807, 2.05) is 61.7 Å². The highest BCUT2D eigenvalue weighted by Crippen LogP contribution is 2.24. The molecule has 2 aromatic heterocycles. The monoisotopic (exact) mass is 368 g/mol. The van der Waals surface area contributed by atoms with Crippen molar-refractivity contribution in [3.63, 3.8) is 0 Å². The van der Waals surface area contributed by atoms with Crippen LogP contribution in [0.1, 0.15) is 18.3 Å². The molecule has 0 saturated heterocycles. The van der Waals surface area contributed by atoms with Crippen molar-refractivity contribution < 1.29 is 9.53 Å². The molecule has 0 atom stereocenters. The average Bonchev–Trinajstić information content (AvgIpc) is 3.03. The second-order valence-corrected chi connectivity index (χ2v) is 6.45. The summed E-state index contributed by atoms with van der Waals surface area (Å²) in [5.41, 5.74) is 2.30. The number of carbonyl (C=O) groups excluding carboxylic acids is 1. The maximum Gasteiger partial charge on any atom is 0.230 e. The van der Waals surface area contributed by atoms with E-state index in [1.165, 1.54) is 11.3 Å². The van der Waals surface area contributed by atoms with E-state index in [4.69, 9.17) is 4.74 Å². The van der Waals surface area contributed by atoms with Crippen molar-refractivity contribution >= 4 is 33.9 Å². The van der Waals surface area contributed by atoms with Gasteiger partial charge < -0.3 is 15.4 Å². The minimum atomic E-state index is -0.136. The summed E-state index contributed by atoms with van der Waals surface area (Å²) in [5, 5.41) is 8.61. The van der Waals surface area contributed by atoms with Crippen molar-refractivity contribution in [3.05, 3.63) is 59.2 Å². The van der Waals surface area contributed by atoms with Crippen LogP contribution in [-0.4, -0.2) is 22.5 Å². The number of pyridine rings is 1. The molecule has 0 bridgehead atoms. The maximum absolute atomic E-state index is 12.3. The number of hydrogen-bond acceptors (Lipinski definition) is 6. The van der Waals surface area contributed by atoms with Crippen LogP contribution < -0.4 is 15.4 Å². The van der Waals surface area contributed by atoms with Gasteiger partial charge in [-0.1, -0.05) is 18.2 Å². The van der Waals surface area contributed by atoms with Crippen LogP contribution in [0.3, 0.4) is 0 Å². The standard InChI is InChI=1S/C19H20N4O2S/c1-3-25-16-9-5-4-8-15(16)22-18(24)11-14-12-26-19(21-14)23-17-10-6-7-13(2)20-17/h4-10,12H,3,11H2,1-2H3,(H,22,24)(H,20,21,23). The molecule has 0 aliphatic carbocycles. The number of anilines is 3. The molecule has 0 radical (unpaired) electrons. The van der Waals surface area contributed by atoms with E-state index in [9.17, 15) is 4.79 Å². The summed E-state index contributed by atoms with van der Waals surface area (Å²) >= 11 is 1.44. The van der Waals surface area contributed by atoms with Gasteiger partial charge in [0.1, 0.15) is 11.6 Å². The highest BCUT2D eigenvalue weighted by atomic mass is 32.1. The summed E-state index contributed by atoms with van der Waals surface area (Å²) in [4.78, 5) is 21.2. The minimum Gasteiger partial charge on any atom is -0.492 e. The normalized spacial score (nSPS) is 10.4. The van der Waals surface area contributed by atoms with Gasteiger partial charge in [-0.3, -0.25) is 4.79 Å². The molecule has 1 aromatic carbocycles. The summed E-state index contributed by atoms with van der Waals surface area (Å²) in [6, 6.07) is 13.1. The van der Waals surface area contributed by atoms with Gasteiger partial charge in [-0.2, -0.15) is 0 Å². The third-order valence-electron chi connectivity index (χ3n) is 3.48.